The van der Waals surface area contributed by atoms with E-state index in [-0.39, 0.29) is 25.1 Å². The van der Waals surface area contributed by atoms with Crippen LogP contribution in [0, 0.1) is 0 Å². The van der Waals surface area contributed by atoms with Crippen molar-refractivity contribution in [2.45, 2.75) is 25.3 Å². The minimum Gasteiger partial charge on any atom is -0.395 e. The lowest BCUT2D eigenvalue weighted by Gasteiger charge is -2.33. The number of halogens is 1. The minimum absolute atomic E-state index is 0.0543. The molecule has 0 bridgehead atoms. The molecule has 24 heavy (non-hydrogen) atoms. The number of rotatable bonds is 5. The molecule has 3 rings (SSSR count). The van der Waals surface area contributed by atoms with E-state index >= 15 is 0 Å². The molecule has 1 amide bonds. The van der Waals surface area contributed by atoms with Crippen LogP contribution in [0.4, 0.5) is 5.69 Å². The highest BCUT2D eigenvalue weighted by Gasteiger charge is 2.23. The first-order valence-electron chi connectivity index (χ1n) is 7.96. The fraction of sp³-hybridized carbons (Fsp3) is 0.438. The molecule has 1 unspecified atom stereocenters. The predicted molar refractivity (Wildman–Crippen MR) is 91.3 cm³/mol. The number of anilines is 1. The van der Waals surface area contributed by atoms with Crippen LogP contribution in [0.25, 0.3) is 5.69 Å². The van der Waals surface area contributed by atoms with E-state index in [4.69, 9.17) is 11.6 Å². The summed E-state index contributed by atoms with van der Waals surface area (Å²) in [5.74, 6) is -0.140. The van der Waals surface area contributed by atoms with Crippen molar-refractivity contribution in [3.8, 4) is 5.69 Å². The smallest absolute Gasteiger partial charge is 0.238 e. The van der Waals surface area contributed by atoms with Gasteiger partial charge in [-0.25, -0.2) is 9.67 Å². The number of carbonyl (C=O) groups is 1. The maximum Gasteiger partial charge on any atom is 0.238 e. The first-order chi connectivity index (χ1) is 11.7. The van der Waals surface area contributed by atoms with E-state index in [9.17, 15) is 9.90 Å². The van der Waals surface area contributed by atoms with Crippen molar-refractivity contribution in [3.05, 3.63) is 35.9 Å². The summed E-state index contributed by atoms with van der Waals surface area (Å²) in [4.78, 5) is 18.4. The normalized spacial score (nSPS) is 18.5. The summed E-state index contributed by atoms with van der Waals surface area (Å²) in [5.41, 5.74) is 1.28. The Labute approximate surface area is 145 Å². The molecule has 0 saturated carbocycles. The van der Waals surface area contributed by atoms with Gasteiger partial charge in [-0.05, 0) is 37.6 Å². The van der Waals surface area contributed by atoms with Crippen molar-refractivity contribution in [1.82, 2.24) is 19.7 Å². The topological polar surface area (TPSA) is 83.3 Å². The summed E-state index contributed by atoms with van der Waals surface area (Å²) in [6.45, 7) is 1.15. The Morgan fingerprint density at radius 1 is 1.42 bits per heavy atom. The van der Waals surface area contributed by atoms with Crippen molar-refractivity contribution in [2.75, 3.05) is 25.0 Å². The zero-order valence-electron chi connectivity index (χ0n) is 13.2. The molecule has 8 heteroatoms. The highest BCUT2D eigenvalue weighted by molar-refractivity contribution is 6.31. The van der Waals surface area contributed by atoms with Gasteiger partial charge in [0, 0.05) is 11.1 Å². The predicted octanol–water partition coefficient (Wildman–Crippen LogP) is 1.71. The third kappa shape index (κ3) is 3.92. The molecule has 7 nitrogen and oxygen atoms in total. The van der Waals surface area contributed by atoms with Crippen LogP contribution in [0.2, 0.25) is 5.02 Å². The molecule has 128 valence electrons. The number of aliphatic hydroxyl groups is 1. The summed E-state index contributed by atoms with van der Waals surface area (Å²) >= 11 is 6.06. The number of amides is 1. The molecule has 1 aliphatic heterocycles. The van der Waals surface area contributed by atoms with Crippen LogP contribution in [-0.2, 0) is 4.79 Å². The number of carbonyl (C=O) groups excluding carboxylic acids is 1. The van der Waals surface area contributed by atoms with Crippen LogP contribution in [0.15, 0.2) is 30.9 Å². The van der Waals surface area contributed by atoms with Crippen LogP contribution in [0.3, 0.4) is 0 Å². The molecule has 1 saturated heterocycles. The van der Waals surface area contributed by atoms with Gasteiger partial charge >= 0.3 is 0 Å². The molecule has 1 atom stereocenters. The van der Waals surface area contributed by atoms with Crippen molar-refractivity contribution in [2.24, 2.45) is 0 Å². The van der Waals surface area contributed by atoms with Gasteiger partial charge in [0.05, 0.1) is 24.5 Å². The molecule has 1 aliphatic rings. The van der Waals surface area contributed by atoms with Crippen molar-refractivity contribution in [3.63, 3.8) is 0 Å². The Kier molecular flexibility index (Phi) is 5.44. The second-order valence-electron chi connectivity index (χ2n) is 5.85. The van der Waals surface area contributed by atoms with Crippen LogP contribution >= 0.6 is 11.6 Å². The number of nitrogens with zero attached hydrogens (tertiary/aromatic N) is 4. The van der Waals surface area contributed by atoms with E-state index in [0.29, 0.717) is 16.4 Å². The molecule has 0 aliphatic carbocycles. The summed E-state index contributed by atoms with van der Waals surface area (Å²) in [6, 6.07) is 5.26. The molecule has 2 heterocycles. The van der Waals surface area contributed by atoms with Crippen molar-refractivity contribution < 1.29 is 9.90 Å². The Morgan fingerprint density at radius 3 is 3.04 bits per heavy atom. The van der Waals surface area contributed by atoms with E-state index in [1.165, 1.54) is 6.33 Å². The zero-order chi connectivity index (χ0) is 16.9. The summed E-state index contributed by atoms with van der Waals surface area (Å²) < 4.78 is 1.57. The molecule has 1 aromatic carbocycles. The van der Waals surface area contributed by atoms with Gasteiger partial charge in [0.2, 0.25) is 5.91 Å². The highest BCUT2D eigenvalue weighted by Crippen LogP contribution is 2.24. The maximum atomic E-state index is 12.5. The summed E-state index contributed by atoms with van der Waals surface area (Å²) in [6.07, 6.45) is 6.05. The largest absolute Gasteiger partial charge is 0.395 e. The fourth-order valence-corrected chi connectivity index (χ4v) is 3.16. The second-order valence-corrected chi connectivity index (χ2v) is 6.29. The number of nitrogens with one attached hydrogen (secondary N) is 1. The monoisotopic (exact) mass is 349 g/mol. The molecule has 0 radical (unpaired) electrons. The molecule has 2 aromatic rings. The van der Waals surface area contributed by atoms with E-state index < -0.39 is 0 Å². The second kappa shape index (κ2) is 7.74. The Morgan fingerprint density at radius 2 is 2.29 bits per heavy atom. The van der Waals surface area contributed by atoms with Gasteiger partial charge < -0.3 is 10.4 Å². The number of likely N-dealkylation sites (tertiary alicyclic amines) is 1. The number of benzene rings is 1. The van der Waals surface area contributed by atoms with Crippen LogP contribution < -0.4 is 5.32 Å². The molecular formula is C16H20ClN5O2. The molecule has 1 aromatic heterocycles. The minimum atomic E-state index is -0.140. The molecule has 1 fully saturated rings. The van der Waals surface area contributed by atoms with E-state index in [0.717, 1.165) is 25.8 Å². The summed E-state index contributed by atoms with van der Waals surface area (Å²) in [5, 5.41) is 17.0. The van der Waals surface area contributed by atoms with Gasteiger partial charge in [0.15, 0.2) is 0 Å². The highest BCUT2D eigenvalue weighted by atomic mass is 35.5. The average Bonchev–Trinajstić information content (AvgIpc) is 3.09. The third-order valence-corrected chi connectivity index (χ3v) is 4.44. The zero-order valence-corrected chi connectivity index (χ0v) is 14.0. The maximum absolute atomic E-state index is 12.5. The van der Waals surface area contributed by atoms with Crippen LogP contribution in [0.1, 0.15) is 19.3 Å². The lowest BCUT2D eigenvalue weighted by molar-refractivity contribution is -0.118. The number of piperidine rings is 1. The fourth-order valence-electron chi connectivity index (χ4n) is 2.99. The first kappa shape index (κ1) is 16.9. The van der Waals surface area contributed by atoms with Gasteiger partial charge in [0.1, 0.15) is 12.7 Å². The SMILES string of the molecule is O=C(CN1CCCCC1CO)Nc1cc(Cl)ccc1-n1cncn1. The average molecular weight is 350 g/mol. The van der Waals surface area contributed by atoms with E-state index in [1.807, 2.05) is 4.90 Å². The van der Waals surface area contributed by atoms with Crippen LogP contribution in [0.5, 0.6) is 0 Å². The number of hydrogen-bond acceptors (Lipinski definition) is 5. The summed E-state index contributed by atoms with van der Waals surface area (Å²) in [7, 11) is 0. The van der Waals surface area contributed by atoms with Gasteiger partial charge in [-0.15, -0.1) is 0 Å². The van der Waals surface area contributed by atoms with E-state index in [1.54, 1.807) is 29.2 Å². The van der Waals surface area contributed by atoms with Crippen molar-refractivity contribution in [1.29, 1.82) is 0 Å². The van der Waals surface area contributed by atoms with Gasteiger partial charge in [-0.3, -0.25) is 9.69 Å². The lowest BCUT2D eigenvalue weighted by atomic mass is 10.0. The first-order valence-corrected chi connectivity index (χ1v) is 8.34. The standard InChI is InChI=1S/C16H20ClN5O2/c17-12-4-5-15(22-11-18-10-19-22)14(7-12)20-16(24)8-21-6-2-1-3-13(21)9-23/h4-5,7,10-11,13,23H,1-3,6,8-9H2,(H,20,24). The quantitative estimate of drug-likeness (QED) is 0.858. The van der Waals surface area contributed by atoms with Crippen molar-refractivity contribution >= 4 is 23.2 Å². The molecule has 0 spiro atoms. The van der Waals surface area contributed by atoms with Gasteiger partial charge in [-0.2, -0.15) is 5.10 Å². The molecular weight excluding hydrogens is 330 g/mol. The van der Waals surface area contributed by atoms with Crippen LogP contribution in [-0.4, -0.2) is 56.4 Å². The number of hydrogen-bond donors (Lipinski definition) is 2. The Balaban J connectivity index is 1.73. The van der Waals surface area contributed by atoms with Gasteiger partial charge in [0.25, 0.3) is 0 Å². The Hall–Kier alpha value is -1.96. The molecule has 2 N–H and O–H groups in total. The lowest BCUT2D eigenvalue weighted by Crippen LogP contribution is -2.45. The number of aromatic nitrogens is 3. The van der Waals surface area contributed by atoms with E-state index in [2.05, 4.69) is 15.4 Å². The number of aliphatic hydroxyl groups excluding tert-OH is 1. The third-order valence-electron chi connectivity index (χ3n) is 4.20. The van der Waals surface area contributed by atoms with Gasteiger partial charge in [-0.1, -0.05) is 18.0 Å². The Bertz CT molecular complexity index is 692.